The molecule has 6 N–H and O–H groups in total. The van der Waals surface area contributed by atoms with Crippen molar-refractivity contribution >= 4 is 48.3 Å². The minimum Gasteiger partial charge on any atom is -0.370 e. The van der Waals surface area contributed by atoms with Gasteiger partial charge in [-0.2, -0.15) is 4.99 Å². The second kappa shape index (κ2) is 8.92. The van der Waals surface area contributed by atoms with Crippen LogP contribution in [0.2, 0.25) is 5.02 Å². The minimum atomic E-state index is -0.104. The Labute approximate surface area is 117 Å². The van der Waals surface area contributed by atoms with E-state index in [2.05, 4.69) is 9.98 Å². The maximum atomic E-state index is 5.73. The van der Waals surface area contributed by atoms with Crippen molar-refractivity contribution in [2.45, 2.75) is 6.54 Å². The number of halogens is 3. The van der Waals surface area contributed by atoms with Gasteiger partial charge in [0.2, 0.25) is 5.96 Å². The van der Waals surface area contributed by atoms with E-state index in [-0.39, 0.29) is 36.7 Å². The van der Waals surface area contributed by atoms with E-state index in [1.807, 2.05) is 12.1 Å². The summed E-state index contributed by atoms with van der Waals surface area (Å²) in [7, 11) is 0. The van der Waals surface area contributed by atoms with Crippen molar-refractivity contribution in [3.63, 3.8) is 0 Å². The number of nitrogens with two attached hydrogens (primary N) is 3. The van der Waals surface area contributed by atoms with Gasteiger partial charge in [-0.05, 0) is 17.7 Å². The largest absolute Gasteiger partial charge is 0.370 e. The molecule has 0 saturated heterocycles. The maximum Gasteiger partial charge on any atom is 0.218 e. The van der Waals surface area contributed by atoms with E-state index in [1.165, 1.54) is 0 Å². The molecule has 0 aliphatic rings. The fraction of sp³-hybridized carbons (Fsp3) is 0.111. The Balaban J connectivity index is 0. The molecule has 0 aliphatic carbocycles. The van der Waals surface area contributed by atoms with Gasteiger partial charge < -0.3 is 17.2 Å². The first kappa shape index (κ1) is 18.2. The zero-order valence-electron chi connectivity index (χ0n) is 8.84. The molecule has 1 aromatic rings. The van der Waals surface area contributed by atoms with Gasteiger partial charge in [0.05, 0.1) is 6.54 Å². The Morgan fingerprint density at radius 1 is 1.06 bits per heavy atom. The minimum absolute atomic E-state index is 0. The standard InChI is InChI=1S/C9H12ClN5.2ClH/c10-7-3-1-6(2-4-7)5-14-9(13)15-8(11)12;;/h1-4H,5H2,(H6,11,12,13,14,15);2*1H. The van der Waals surface area contributed by atoms with Crippen molar-refractivity contribution in [3.05, 3.63) is 34.9 Å². The van der Waals surface area contributed by atoms with Gasteiger partial charge in [-0.3, -0.25) is 0 Å². The van der Waals surface area contributed by atoms with Crippen LogP contribution in [0, 0.1) is 0 Å². The highest BCUT2D eigenvalue weighted by molar-refractivity contribution is 6.30. The fourth-order valence-corrected chi connectivity index (χ4v) is 1.06. The molecule has 0 saturated carbocycles. The van der Waals surface area contributed by atoms with Crippen molar-refractivity contribution in [3.8, 4) is 0 Å². The Kier molecular flexibility index (Phi) is 9.55. The van der Waals surface area contributed by atoms with E-state index < -0.39 is 0 Å². The Morgan fingerprint density at radius 3 is 2.06 bits per heavy atom. The first-order valence-electron chi connectivity index (χ1n) is 4.22. The predicted octanol–water partition coefficient (Wildman–Crippen LogP) is 1.27. The summed E-state index contributed by atoms with van der Waals surface area (Å²) in [6.07, 6.45) is 0. The Morgan fingerprint density at radius 2 is 1.59 bits per heavy atom. The molecular formula is C9H14Cl3N5. The lowest BCUT2D eigenvalue weighted by atomic mass is 10.2. The van der Waals surface area contributed by atoms with Gasteiger partial charge in [0.15, 0.2) is 5.96 Å². The molecule has 1 aromatic carbocycles. The Bertz CT molecular complexity index is 384. The van der Waals surface area contributed by atoms with Crippen LogP contribution in [0.1, 0.15) is 5.56 Å². The monoisotopic (exact) mass is 297 g/mol. The van der Waals surface area contributed by atoms with Crippen LogP contribution in [0.4, 0.5) is 0 Å². The highest BCUT2D eigenvalue weighted by Gasteiger charge is 1.93. The van der Waals surface area contributed by atoms with Crippen LogP contribution in [0.15, 0.2) is 34.3 Å². The van der Waals surface area contributed by atoms with Gasteiger partial charge in [-0.25, -0.2) is 4.99 Å². The van der Waals surface area contributed by atoms with Gasteiger partial charge >= 0.3 is 0 Å². The summed E-state index contributed by atoms with van der Waals surface area (Å²) in [4.78, 5) is 7.55. The highest BCUT2D eigenvalue weighted by atomic mass is 35.5. The average Bonchev–Trinajstić information content (AvgIpc) is 2.16. The molecule has 0 aliphatic heterocycles. The van der Waals surface area contributed by atoms with Gasteiger partial charge in [0.25, 0.3) is 0 Å². The van der Waals surface area contributed by atoms with E-state index in [1.54, 1.807) is 12.1 Å². The van der Waals surface area contributed by atoms with Crippen molar-refractivity contribution in [2.24, 2.45) is 27.2 Å². The number of nitrogens with zero attached hydrogens (tertiary/aromatic N) is 2. The molecule has 0 atom stereocenters. The first-order chi connectivity index (χ1) is 7.08. The lowest BCUT2D eigenvalue weighted by Gasteiger charge is -1.97. The second-order valence-electron chi connectivity index (χ2n) is 2.84. The number of rotatable bonds is 2. The number of aliphatic imine (C=N–C) groups is 2. The van der Waals surface area contributed by atoms with E-state index in [9.17, 15) is 0 Å². The summed E-state index contributed by atoms with van der Waals surface area (Å²) in [6, 6.07) is 7.27. The lowest BCUT2D eigenvalue weighted by Crippen LogP contribution is -2.26. The summed E-state index contributed by atoms with van der Waals surface area (Å²) in [5.41, 5.74) is 16.7. The maximum absolute atomic E-state index is 5.73. The van der Waals surface area contributed by atoms with Crippen LogP contribution >= 0.6 is 36.4 Å². The molecule has 0 unspecified atom stereocenters. The van der Waals surface area contributed by atoms with Crippen LogP contribution in [0.5, 0.6) is 0 Å². The molecule has 8 heteroatoms. The van der Waals surface area contributed by atoms with Crippen LogP contribution in [-0.2, 0) is 6.54 Å². The number of hydrogen-bond donors (Lipinski definition) is 3. The third-order valence-electron chi connectivity index (χ3n) is 1.58. The topological polar surface area (TPSA) is 103 Å². The smallest absolute Gasteiger partial charge is 0.218 e. The SMILES string of the molecule is Cl.Cl.NC(N)=NC(N)=NCc1ccc(Cl)cc1. The molecule has 0 fully saturated rings. The highest BCUT2D eigenvalue weighted by Crippen LogP contribution is 2.09. The third-order valence-corrected chi connectivity index (χ3v) is 1.83. The summed E-state index contributed by atoms with van der Waals surface area (Å²) < 4.78 is 0. The van der Waals surface area contributed by atoms with Gasteiger partial charge in [-0.15, -0.1) is 24.8 Å². The molecule has 5 nitrogen and oxygen atoms in total. The molecule has 0 spiro atoms. The van der Waals surface area contributed by atoms with Gasteiger partial charge in [-0.1, -0.05) is 23.7 Å². The number of benzene rings is 1. The summed E-state index contributed by atoms with van der Waals surface area (Å²) in [5.74, 6) is -0.0442. The molecule has 1 rings (SSSR count). The van der Waals surface area contributed by atoms with Crippen LogP contribution in [0.25, 0.3) is 0 Å². The molecule has 0 heterocycles. The van der Waals surface area contributed by atoms with E-state index >= 15 is 0 Å². The van der Waals surface area contributed by atoms with Gasteiger partial charge in [0.1, 0.15) is 0 Å². The van der Waals surface area contributed by atoms with Crippen LogP contribution in [0.3, 0.4) is 0 Å². The van der Waals surface area contributed by atoms with E-state index in [0.717, 1.165) is 5.56 Å². The third kappa shape index (κ3) is 7.68. The zero-order chi connectivity index (χ0) is 11.3. The molecular weight excluding hydrogens is 284 g/mol. The molecule has 0 amide bonds. The molecule has 17 heavy (non-hydrogen) atoms. The van der Waals surface area contributed by atoms with Crippen LogP contribution in [-0.4, -0.2) is 11.9 Å². The van der Waals surface area contributed by atoms with E-state index in [4.69, 9.17) is 28.8 Å². The van der Waals surface area contributed by atoms with Crippen molar-refractivity contribution in [1.82, 2.24) is 0 Å². The summed E-state index contributed by atoms with van der Waals surface area (Å²) >= 11 is 5.73. The normalized spacial score (nSPS) is 9.82. The summed E-state index contributed by atoms with van der Waals surface area (Å²) in [5, 5.41) is 0.680. The fourth-order valence-electron chi connectivity index (χ4n) is 0.930. The average molecular weight is 299 g/mol. The second-order valence-corrected chi connectivity index (χ2v) is 3.27. The van der Waals surface area contributed by atoms with Gasteiger partial charge in [0, 0.05) is 5.02 Å². The van der Waals surface area contributed by atoms with Crippen molar-refractivity contribution in [2.75, 3.05) is 0 Å². The van der Waals surface area contributed by atoms with Crippen molar-refractivity contribution < 1.29 is 0 Å². The summed E-state index contributed by atoms with van der Waals surface area (Å²) in [6.45, 7) is 0.416. The molecule has 0 aromatic heterocycles. The quantitative estimate of drug-likeness (QED) is 0.566. The van der Waals surface area contributed by atoms with Crippen LogP contribution < -0.4 is 17.2 Å². The molecule has 0 radical (unpaired) electrons. The van der Waals surface area contributed by atoms with Crippen molar-refractivity contribution in [1.29, 1.82) is 0 Å². The molecule has 96 valence electrons. The first-order valence-corrected chi connectivity index (χ1v) is 4.59. The number of hydrogen-bond acceptors (Lipinski definition) is 1. The Hall–Kier alpha value is -1.17. The van der Waals surface area contributed by atoms with E-state index in [0.29, 0.717) is 11.6 Å². The lowest BCUT2D eigenvalue weighted by molar-refractivity contribution is 1.05. The predicted molar refractivity (Wildman–Crippen MR) is 77.1 cm³/mol. The molecule has 0 bridgehead atoms. The number of guanidine groups is 2. The zero-order valence-corrected chi connectivity index (χ0v) is 11.2.